The number of hydrogen-bond donors (Lipinski definition) is 1. The van der Waals surface area contributed by atoms with Gasteiger partial charge in [-0.15, -0.1) is 0 Å². The maximum Gasteiger partial charge on any atom is 0.329 e. The van der Waals surface area contributed by atoms with E-state index in [1.165, 1.54) is 6.92 Å². The highest BCUT2D eigenvalue weighted by Gasteiger charge is 2.22. The summed E-state index contributed by atoms with van der Waals surface area (Å²) in [5.74, 6) is -1.05. The summed E-state index contributed by atoms with van der Waals surface area (Å²) in [5.41, 5.74) is 0. The Balaban J connectivity index is 4.44. The fraction of sp³-hybridized carbons (Fsp3) is 0.583. The van der Waals surface area contributed by atoms with Gasteiger partial charge in [0, 0.05) is 0 Å². The van der Waals surface area contributed by atoms with E-state index in [2.05, 4.69) is 11.9 Å². The minimum atomic E-state index is -0.736. The third kappa shape index (κ3) is 7.27. The predicted octanol–water partition coefficient (Wildman–Crippen LogP) is 0.835. The summed E-state index contributed by atoms with van der Waals surface area (Å²) in [6, 6.07) is -0.736. The summed E-state index contributed by atoms with van der Waals surface area (Å²) in [6.45, 7) is 8.21. The number of Topliss-reactive ketones (excluding diaryl/α,β-unsaturated/α-hetero) is 1. The van der Waals surface area contributed by atoms with Crippen LogP contribution in [-0.4, -0.2) is 30.3 Å². The van der Waals surface area contributed by atoms with Crippen molar-refractivity contribution in [1.82, 2.24) is 5.32 Å². The molecule has 0 aromatic carbocycles. The summed E-state index contributed by atoms with van der Waals surface area (Å²) in [7, 11) is 0. The molecule has 0 spiro atoms. The number of ketones is 1. The summed E-state index contributed by atoms with van der Waals surface area (Å²) in [6.07, 6.45) is 1.54. The van der Waals surface area contributed by atoms with E-state index in [1.807, 2.05) is 13.8 Å². The Hall–Kier alpha value is -1.65. The van der Waals surface area contributed by atoms with Crippen molar-refractivity contribution in [2.24, 2.45) is 5.92 Å². The molecule has 0 saturated carbocycles. The molecular weight excluding hydrogens is 222 g/mol. The minimum Gasteiger partial charge on any atom is -0.456 e. The van der Waals surface area contributed by atoms with E-state index in [-0.39, 0.29) is 18.3 Å². The molecular formula is C12H19NO4. The molecule has 0 aromatic rings. The van der Waals surface area contributed by atoms with Gasteiger partial charge in [-0.2, -0.15) is 0 Å². The lowest BCUT2D eigenvalue weighted by Crippen LogP contribution is -2.42. The van der Waals surface area contributed by atoms with Crippen molar-refractivity contribution >= 4 is 17.7 Å². The Morgan fingerprint density at radius 1 is 1.35 bits per heavy atom. The van der Waals surface area contributed by atoms with Gasteiger partial charge in [0.1, 0.15) is 12.6 Å². The maximum atomic E-state index is 11.6. The Morgan fingerprint density at radius 2 is 1.94 bits per heavy atom. The second kappa shape index (κ2) is 7.60. The lowest BCUT2D eigenvalue weighted by Gasteiger charge is -2.18. The van der Waals surface area contributed by atoms with E-state index in [4.69, 9.17) is 4.74 Å². The zero-order valence-corrected chi connectivity index (χ0v) is 10.5. The monoisotopic (exact) mass is 241 g/mol. The van der Waals surface area contributed by atoms with Crippen LogP contribution in [0.2, 0.25) is 0 Å². The Bertz CT molecular complexity index is 310. The molecule has 0 heterocycles. The second-order valence-electron chi connectivity index (χ2n) is 4.20. The largest absolute Gasteiger partial charge is 0.456 e. The van der Waals surface area contributed by atoms with Crippen molar-refractivity contribution in [3.05, 3.63) is 12.7 Å². The molecule has 1 unspecified atom stereocenters. The first-order valence-corrected chi connectivity index (χ1v) is 5.45. The quantitative estimate of drug-likeness (QED) is 0.529. The molecule has 0 bridgehead atoms. The van der Waals surface area contributed by atoms with Gasteiger partial charge in [-0.3, -0.25) is 9.59 Å². The van der Waals surface area contributed by atoms with Crippen LogP contribution in [0, 0.1) is 5.92 Å². The lowest BCUT2D eigenvalue weighted by atomic mass is 10.0. The standard InChI is InChI=1S/C12H19NO4/c1-5-11(15)13-10(6-8(2)3)12(16)17-7-9(4)14/h5,8,10H,1,6-7H2,2-4H3,(H,13,15). The van der Waals surface area contributed by atoms with Gasteiger partial charge >= 0.3 is 5.97 Å². The topological polar surface area (TPSA) is 72.5 Å². The molecule has 96 valence electrons. The summed E-state index contributed by atoms with van der Waals surface area (Å²) in [4.78, 5) is 33.4. The minimum absolute atomic E-state index is 0.218. The number of esters is 1. The first-order valence-electron chi connectivity index (χ1n) is 5.45. The first kappa shape index (κ1) is 15.3. The van der Waals surface area contributed by atoms with Crippen LogP contribution in [0.4, 0.5) is 0 Å². The summed E-state index contributed by atoms with van der Waals surface area (Å²) in [5, 5.41) is 2.48. The first-order chi connectivity index (χ1) is 7.86. The van der Waals surface area contributed by atoms with Crippen molar-refractivity contribution in [1.29, 1.82) is 0 Å². The third-order valence-corrected chi connectivity index (χ3v) is 1.91. The highest BCUT2D eigenvalue weighted by molar-refractivity contribution is 5.91. The van der Waals surface area contributed by atoms with Gasteiger partial charge in [-0.1, -0.05) is 20.4 Å². The van der Waals surface area contributed by atoms with E-state index >= 15 is 0 Å². The zero-order chi connectivity index (χ0) is 13.4. The van der Waals surface area contributed by atoms with Crippen LogP contribution in [0.5, 0.6) is 0 Å². The van der Waals surface area contributed by atoms with Crippen LogP contribution in [-0.2, 0) is 19.1 Å². The van der Waals surface area contributed by atoms with Crippen LogP contribution in [0.3, 0.4) is 0 Å². The maximum absolute atomic E-state index is 11.6. The van der Waals surface area contributed by atoms with E-state index in [0.29, 0.717) is 6.42 Å². The van der Waals surface area contributed by atoms with Crippen molar-refractivity contribution in [2.45, 2.75) is 33.2 Å². The number of carbonyl (C=O) groups is 3. The molecule has 0 aromatic heterocycles. The van der Waals surface area contributed by atoms with Crippen molar-refractivity contribution < 1.29 is 19.1 Å². The van der Waals surface area contributed by atoms with E-state index in [0.717, 1.165) is 6.08 Å². The van der Waals surface area contributed by atoms with Gasteiger partial charge in [0.25, 0.3) is 0 Å². The fourth-order valence-electron chi connectivity index (χ4n) is 1.19. The Labute approximate surface area is 101 Å². The average molecular weight is 241 g/mol. The van der Waals surface area contributed by atoms with Crippen LogP contribution < -0.4 is 5.32 Å². The Kier molecular flexibility index (Phi) is 6.86. The number of hydrogen-bond acceptors (Lipinski definition) is 4. The molecule has 1 N–H and O–H groups in total. The van der Waals surface area contributed by atoms with Gasteiger partial charge in [-0.05, 0) is 25.3 Å². The molecule has 17 heavy (non-hydrogen) atoms. The van der Waals surface area contributed by atoms with E-state index in [1.54, 1.807) is 0 Å². The third-order valence-electron chi connectivity index (χ3n) is 1.91. The number of nitrogens with one attached hydrogen (secondary N) is 1. The molecule has 0 fully saturated rings. The molecule has 0 aliphatic rings. The average Bonchev–Trinajstić information content (AvgIpc) is 2.23. The molecule has 0 radical (unpaired) electrons. The van der Waals surface area contributed by atoms with Crippen molar-refractivity contribution in [3.8, 4) is 0 Å². The van der Waals surface area contributed by atoms with Gasteiger partial charge in [-0.25, -0.2) is 4.79 Å². The molecule has 5 heteroatoms. The molecule has 1 amide bonds. The van der Waals surface area contributed by atoms with Crippen LogP contribution in [0.25, 0.3) is 0 Å². The summed E-state index contributed by atoms with van der Waals surface area (Å²) >= 11 is 0. The van der Waals surface area contributed by atoms with Crippen LogP contribution in [0.15, 0.2) is 12.7 Å². The molecule has 0 saturated heterocycles. The second-order valence-corrected chi connectivity index (χ2v) is 4.20. The number of rotatable bonds is 7. The molecule has 0 rings (SSSR count). The smallest absolute Gasteiger partial charge is 0.329 e. The predicted molar refractivity (Wildman–Crippen MR) is 63.2 cm³/mol. The molecule has 0 aliphatic carbocycles. The van der Waals surface area contributed by atoms with E-state index < -0.39 is 17.9 Å². The normalized spacial score (nSPS) is 11.8. The van der Waals surface area contributed by atoms with Gasteiger partial charge < -0.3 is 10.1 Å². The van der Waals surface area contributed by atoms with E-state index in [9.17, 15) is 14.4 Å². The number of amides is 1. The van der Waals surface area contributed by atoms with Gasteiger partial charge in [0.05, 0.1) is 0 Å². The summed E-state index contributed by atoms with van der Waals surface area (Å²) < 4.78 is 4.77. The molecule has 0 aliphatic heterocycles. The van der Waals surface area contributed by atoms with Gasteiger partial charge in [0.15, 0.2) is 5.78 Å². The lowest BCUT2D eigenvalue weighted by molar-refractivity contribution is -0.151. The van der Waals surface area contributed by atoms with Gasteiger partial charge in [0.2, 0.25) is 5.91 Å². The van der Waals surface area contributed by atoms with Crippen LogP contribution >= 0.6 is 0 Å². The number of ether oxygens (including phenoxy) is 1. The molecule has 1 atom stereocenters. The van der Waals surface area contributed by atoms with Crippen molar-refractivity contribution in [2.75, 3.05) is 6.61 Å². The SMILES string of the molecule is C=CC(=O)NC(CC(C)C)C(=O)OCC(C)=O. The zero-order valence-electron chi connectivity index (χ0n) is 10.5. The highest BCUT2D eigenvalue weighted by atomic mass is 16.5. The fourth-order valence-corrected chi connectivity index (χ4v) is 1.19. The van der Waals surface area contributed by atoms with Crippen molar-refractivity contribution in [3.63, 3.8) is 0 Å². The molecule has 5 nitrogen and oxygen atoms in total. The highest BCUT2D eigenvalue weighted by Crippen LogP contribution is 2.06. The Morgan fingerprint density at radius 3 is 2.35 bits per heavy atom. The van der Waals surface area contributed by atoms with Crippen LogP contribution in [0.1, 0.15) is 27.2 Å². The number of carbonyl (C=O) groups excluding carboxylic acids is 3.